The standard InChI is InChI=1S/C16H12Cl2N2O2/c1-22-10-3-5-15-11(7-10)12(16(21)20-15)8-19-9-2-4-13(17)14(18)6-9/h2-8,20-21H,1H3. The number of benzene rings is 2. The fraction of sp³-hybridized carbons (Fsp3) is 0.0625. The second-order valence-corrected chi connectivity index (χ2v) is 5.47. The van der Waals surface area contributed by atoms with Gasteiger partial charge in [-0.1, -0.05) is 23.2 Å². The highest BCUT2D eigenvalue weighted by molar-refractivity contribution is 6.42. The molecule has 0 aliphatic heterocycles. The molecule has 0 spiro atoms. The Hall–Kier alpha value is -2.17. The summed E-state index contributed by atoms with van der Waals surface area (Å²) in [4.78, 5) is 7.22. The van der Waals surface area contributed by atoms with Crippen LogP contribution >= 0.6 is 23.2 Å². The number of nitrogens with zero attached hydrogens (tertiary/aromatic N) is 1. The highest BCUT2D eigenvalue weighted by Gasteiger charge is 2.10. The van der Waals surface area contributed by atoms with Gasteiger partial charge < -0.3 is 14.8 Å². The van der Waals surface area contributed by atoms with Gasteiger partial charge in [-0.2, -0.15) is 0 Å². The first-order valence-electron chi connectivity index (χ1n) is 6.46. The fourth-order valence-corrected chi connectivity index (χ4v) is 2.43. The Bertz CT molecular complexity index is 872. The lowest BCUT2D eigenvalue weighted by Gasteiger charge is -2.00. The van der Waals surface area contributed by atoms with Crippen LogP contribution in [0, 0.1) is 0 Å². The van der Waals surface area contributed by atoms with Crippen LogP contribution in [0.4, 0.5) is 5.69 Å². The number of methoxy groups -OCH3 is 1. The van der Waals surface area contributed by atoms with Gasteiger partial charge in [0, 0.05) is 17.1 Å². The first-order valence-corrected chi connectivity index (χ1v) is 7.22. The average molecular weight is 335 g/mol. The molecule has 22 heavy (non-hydrogen) atoms. The van der Waals surface area contributed by atoms with Crippen molar-refractivity contribution >= 4 is 46.0 Å². The zero-order chi connectivity index (χ0) is 15.7. The summed E-state index contributed by atoms with van der Waals surface area (Å²) in [5.74, 6) is 0.753. The Morgan fingerprint density at radius 2 is 1.95 bits per heavy atom. The zero-order valence-electron chi connectivity index (χ0n) is 11.6. The number of hydrogen-bond donors (Lipinski definition) is 2. The van der Waals surface area contributed by atoms with Crippen LogP contribution in [0.15, 0.2) is 41.4 Å². The van der Waals surface area contributed by atoms with Gasteiger partial charge in [-0.05, 0) is 36.4 Å². The van der Waals surface area contributed by atoms with E-state index in [1.54, 1.807) is 31.5 Å². The Kier molecular flexibility index (Phi) is 3.96. The molecule has 0 aliphatic rings. The number of rotatable bonds is 3. The van der Waals surface area contributed by atoms with Gasteiger partial charge in [0.05, 0.1) is 28.4 Å². The molecule has 0 radical (unpaired) electrons. The van der Waals surface area contributed by atoms with Crippen LogP contribution < -0.4 is 4.74 Å². The molecular formula is C16H12Cl2N2O2. The molecule has 112 valence electrons. The van der Waals surface area contributed by atoms with Crippen LogP contribution in [0.2, 0.25) is 10.0 Å². The summed E-state index contributed by atoms with van der Waals surface area (Å²) in [5, 5.41) is 11.8. The van der Waals surface area contributed by atoms with Crippen LogP contribution in [-0.4, -0.2) is 23.4 Å². The Balaban J connectivity index is 2.03. The van der Waals surface area contributed by atoms with Gasteiger partial charge in [-0.15, -0.1) is 0 Å². The third-order valence-corrected chi connectivity index (χ3v) is 4.01. The first kappa shape index (κ1) is 14.8. The Labute approximate surface area is 137 Å². The number of aliphatic imine (C=N–C) groups is 1. The van der Waals surface area contributed by atoms with Gasteiger partial charge in [0.15, 0.2) is 5.88 Å². The SMILES string of the molecule is COc1ccc2[nH]c(O)c(C=Nc3ccc(Cl)c(Cl)c3)c2c1. The van der Waals surface area contributed by atoms with E-state index in [0.29, 0.717) is 27.0 Å². The molecular weight excluding hydrogens is 323 g/mol. The van der Waals surface area contributed by atoms with Crippen molar-refractivity contribution in [3.63, 3.8) is 0 Å². The number of aromatic hydroxyl groups is 1. The van der Waals surface area contributed by atoms with E-state index in [9.17, 15) is 5.11 Å². The molecule has 0 amide bonds. The maximum Gasteiger partial charge on any atom is 0.198 e. The summed E-state index contributed by atoms with van der Waals surface area (Å²) in [5.41, 5.74) is 2.03. The minimum Gasteiger partial charge on any atom is -0.497 e. The molecule has 0 fully saturated rings. The van der Waals surface area contributed by atoms with Crippen molar-refractivity contribution in [2.75, 3.05) is 7.11 Å². The van der Waals surface area contributed by atoms with E-state index in [2.05, 4.69) is 9.98 Å². The van der Waals surface area contributed by atoms with E-state index >= 15 is 0 Å². The van der Waals surface area contributed by atoms with Gasteiger partial charge in [0.25, 0.3) is 0 Å². The number of ether oxygens (including phenoxy) is 1. The smallest absolute Gasteiger partial charge is 0.198 e. The topological polar surface area (TPSA) is 57.6 Å². The summed E-state index contributed by atoms with van der Waals surface area (Å²) < 4.78 is 5.21. The quantitative estimate of drug-likeness (QED) is 0.666. The van der Waals surface area contributed by atoms with Crippen molar-refractivity contribution in [3.8, 4) is 11.6 Å². The lowest BCUT2D eigenvalue weighted by molar-refractivity contribution is 0.415. The van der Waals surface area contributed by atoms with Crippen molar-refractivity contribution in [1.82, 2.24) is 4.98 Å². The lowest BCUT2D eigenvalue weighted by Crippen LogP contribution is -1.83. The van der Waals surface area contributed by atoms with E-state index < -0.39 is 0 Å². The number of hydrogen-bond acceptors (Lipinski definition) is 3. The molecule has 1 heterocycles. The van der Waals surface area contributed by atoms with Crippen molar-refractivity contribution in [1.29, 1.82) is 0 Å². The Morgan fingerprint density at radius 3 is 2.68 bits per heavy atom. The van der Waals surface area contributed by atoms with Crippen molar-refractivity contribution in [2.24, 2.45) is 4.99 Å². The molecule has 2 aromatic carbocycles. The molecule has 0 aliphatic carbocycles. The van der Waals surface area contributed by atoms with Crippen LogP contribution in [0.3, 0.4) is 0 Å². The lowest BCUT2D eigenvalue weighted by atomic mass is 10.1. The summed E-state index contributed by atoms with van der Waals surface area (Å²) in [6.07, 6.45) is 1.58. The maximum atomic E-state index is 10.0. The van der Waals surface area contributed by atoms with Crippen molar-refractivity contribution < 1.29 is 9.84 Å². The minimum atomic E-state index is 0.0482. The zero-order valence-corrected chi connectivity index (χ0v) is 13.1. The van der Waals surface area contributed by atoms with Crippen molar-refractivity contribution in [3.05, 3.63) is 52.0 Å². The average Bonchev–Trinajstić information content (AvgIpc) is 2.83. The molecule has 1 aromatic heterocycles. The number of H-pyrrole nitrogens is 1. The minimum absolute atomic E-state index is 0.0482. The van der Waals surface area contributed by atoms with E-state index in [1.807, 2.05) is 18.2 Å². The van der Waals surface area contributed by atoms with E-state index in [-0.39, 0.29) is 5.88 Å². The third kappa shape index (κ3) is 2.75. The van der Waals surface area contributed by atoms with E-state index in [1.165, 1.54) is 0 Å². The summed E-state index contributed by atoms with van der Waals surface area (Å²) in [6, 6.07) is 10.6. The second kappa shape index (κ2) is 5.91. The molecule has 0 bridgehead atoms. The first-order chi connectivity index (χ1) is 10.6. The van der Waals surface area contributed by atoms with E-state index in [0.717, 1.165) is 10.9 Å². The van der Waals surface area contributed by atoms with Gasteiger partial charge in [0.2, 0.25) is 0 Å². The maximum absolute atomic E-state index is 10.0. The van der Waals surface area contributed by atoms with Gasteiger partial charge >= 0.3 is 0 Å². The molecule has 0 atom stereocenters. The third-order valence-electron chi connectivity index (χ3n) is 3.27. The molecule has 0 unspecified atom stereocenters. The number of halogens is 2. The van der Waals surface area contributed by atoms with Crippen LogP contribution in [0.5, 0.6) is 11.6 Å². The molecule has 2 N–H and O–H groups in total. The molecule has 4 nitrogen and oxygen atoms in total. The van der Waals surface area contributed by atoms with Crippen LogP contribution in [0.25, 0.3) is 10.9 Å². The van der Waals surface area contributed by atoms with Gasteiger partial charge in [-0.3, -0.25) is 4.99 Å². The number of aromatic amines is 1. The predicted octanol–water partition coefficient (Wildman–Crippen LogP) is 4.94. The fourth-order valence-electron chi connectivity index (χ4n) is 2.14. The van der Waals surface area contributed by atoms with Crippen molar-refractivity contribution in [2.45, 2.75) is 0 Å². The molecule has 3 rings (SSSR count). The highest BCUT2D eigenvalue weighted by Crippen LogP contribution is 2.30. The predicted molar refractivity (Wildman–Crippen MR) is 90.2 cm³/mol. The van der Waals surface area contributed by atoms with Gasteiger partial charge in [0.1, 0.15) is 5.75 Å². The van der Waals surface area contributed by atoms with Gasteiger partial charge in [-0.25, -0.2) is 0 Å². The Morgan fingerprint density at radius 1 is 1.14 bits per heavy atom. The number of fused-ring (bicyclic) bond motifs is 1. The summed E-state index contributed by atoms with van der Waals surface area (Å²) in [6.45, 7) is 0. The summed E-state index contributed by atoms with van der Waals surface area (Å²) >= 11 is 11.8. The summed E-state index contributed by atoms with van der Waals surface area (Å²) in [7, 11) is 1.59. The number of nitrogens with one attached hydrogen (secondary N) is 1. The van der Waals surface area contributed by atoms with Crippen LogP contribution in [0.1, 0.15) is 5.56 Å². The highest BCUT2D eigenvalue weighted by atomic mass is 35.5. The van der Waals surface area contributed by atoms with Crippen LogP contribution in [-0.2, 0) is 0 Å². The second-order valence-electron chi connectivity index (χ2n) is 4.66. The largest absolute Gasteiger partial charge is 0.497 e. The monoisotopic (exact) mass is 334 g/mol. The molecule has 3 aromatic rings. The molecule has 0 saturated heterocycles. The molecule has 0 saturated carbocycles. The van der Waals surface area contributed by atoms with E-state index in [4.69, 9.17) is 27.9 Å². The number of aromatic nitrogens is 1. The molecule has 6 heteroatoms. The normalized spacial score (nSPS) is 11.4.